The number of rotatable bonds is 3. The van der Waals surface area contributed by atoms with Crippen LogP contribution in [-0.2, 0) is 0 Å². The molecule has 9 heteroatoms. The van der Waals surface area contributed by atoms with Gasteiger partial charge >= 0.3 is 0 Å². The quantitative estimate of drug-likeness (QED) is 0.466. The van der Waals surface area contributed by atoms with Crippen molar-refractivity contribution < 1.29 is 0 Å². The zero-order chi connectivity index (χ0) is 19.2. The van der Waals surface area contributed by atoms with Crippen LogP contribution in [0, 0.1) is 0 Å². The minimum absolute atomic E-state index is 0.640. The molecule has 0 radical (unpaired) electrons. The minimum atomic E-state index is 0.640. The van der Waals surface area contributed by atoms with Crippen LogP contribution in [-0.4, -0.2) is 40.1 Å². The second-order valence-electron chi connectivity index (χ2n) is 6.40. The third-order valence-corrected chi connectivity index (χ3v) is 5.57. The molecule has 8 nitrogen and oxygen atoms in total. The van der Waals surface area contributed by atoms with Crippen LogP contribution < -0.4 is 0 Å². The van der Waals surface area contributed by atoms with Gasteiger partial charge in [-0.3, -0.25) is 15.1 Å². The smallest absolute Gasteiger partial charge is 0.161 e. The van der Waals surface area contributed by atoms with Gasteiger partial charge in [0.15, 0.2) is 17.1 Å². The van der Waals surface area contributed by atoms with Gasteiger partial charge in [-0.05, 0) is 23.6 Å². The number of aromatic nitrogens is 8. The van der Waals surface area contributed by atoms with E-state index in [0.717, 1.165) is 38.2 Å². The number of fused-ring (bicyclic) bond motifs is 2. The van der Waals surface area contributed by atoms with Crippen molar-refractivity contribution in [2.24, 2.45) is 0 Å². The molecule has 6 rings (SSSR count). The molecular formula is C20H12N8S. The highest BCUT2D eigenvalue weighted by molar-refractivity contribution is 7.13. The Kier molecular flexibility index (Phi) is 3.47. The number of thiophene rings is 1. The van der Waals surface area contributed by atoms with Gasteiger partial charge in [-0.1, -0.05) is 6.07 Å². The lowest BCUT2D eigenvalue weighted by molar-refractivity contribution is 1.09. The van der Waals surface area contributed by atoms with E-state index in [9.17, 15) is 0 Å². The van der Waals surface area contributed by atoms with Gasteiger partial charge in [0.1, 0.15) is 11.2 Å². The first-order valence-corrected chi connectivity index (χ1v) is 9.74. The van der Waals surface area contributed by atoms with Crippen LogP contribution in [0.15, 0.2) is 60.6 Å². The fourth-order valence-corrected chi connectivity index (χ4v) is 4.08. The topological polar surface area (TPSA) is 109 Å². The summed E-state index contributed by atoms with van der Waals surface area (Å²) < 4.78 is 0. The Morgan fingerprint density at radius 3 is 2.79 bits per heavy atom. The van der Waals surface area contributed by atoms with Gasteiger partial charge in [0.05, 0.1) is 17.3 Å². The van der Waals surface area contributed by atoms with Crippen molar-refractivity contribution in [2.75, 3.05) is 0 Å². The van der Waals surface area contributed by atoms with E-state index in [1.165, 1.54) is 0 Å². The van der Waals surface area contributed by atoms with E-state index in [2.05, 4.69) is 46.6 Å². The van der Waals surface area contributed by atoms with Crippen LogP contribution in [0.5, 0.6) is 0 Å². The first-order valence-electron chi connectivity index (χ1n) is 8.86. The second kappa shape index (κ2) is 6.28. The van der Waals surface area contributed by atoms with E-state index >= 15 is 0 Å². The molecule has 29 heavy (non-hydrogen) atoms. The number of nitrogens with one attached hydrogen (secondary N) is 2. The molecule has 6 aromatic rings. The lowest BCUT2D eigenvalue weighted by Gasteiger charge is -1.99. The Morgan fingerprint density at radius 2 is 1.93 bits per heavy atom. The highest BCUT2D eigenvalue weighted by atomic mass is 32.1. The van der Waals surface area contributed by atoms with Crippen LogP contribution in [0.3, 0.4) is 0 Å². The normalized spacial score (nSPS) is 11.4. The van der Waals surface area contributed by atoms with Crippen molar-refractivity contribution in [3.8, 4) is 33.2 Å². The van der Waals surface area contributed by atoms with Crippen molar-refractivity contribution >= 4 is 33.5 Å². The molecule has 0 spiro atoms. The van der Waals surface area contributed by atoms with Gasteiger partial charge in [-0.2, -0.15) is 5.10 Å². The molecule has 0 aliphatic rings. The van der Waals surface area contributed by atoms with Gasteiger partial charge < -0.3 is 4.98 Å². The number of aromatic amines is 2. The number of hydrogen-bond acceptors (Lipinski definition) is 7. The van der Waals surface area contributed by atoms with E-state index < -0.39 is 0 Å². The van der Waals surface area contributed by atoms with E-state index in [1.807, 2.05) is 18.2 Å². The number of imidazole rings is 1. The van der Waals surface area contributed by atoms with Gasteiger partial charge in [-0.15, -0.1) is 11.3 Å². The van der Waals surface area contributed by atoms with Gasteiger partial charge in [0, 0.05) is 40.8 Å². The van der Waals surface area contributed by atoms with Crippen molar-refractivity contribution in [2.45, 2.75) is 0 Å². The van der Waals surface area contributed by atoms with Crippen molar-refractivity contribution in [1.82, 2.24) is 40.1 Å². The molecule has 0 atom stereocenters. The monoisotopic (exact) mass is 396 g/mol. The molecule has 0 fully saturated rings. The molecule has 0 unspecified atom stereocenters. The molecule has 0 aliphatic heterocycles. The van der Waals surface area contributed by atoms with Crippen molar-refractivity contribution in [3.05, 3.63) is 60.6 Å². The van der Waals surface area contributed by atoms with Gasteiger partial charge in [0.25, 0.3) is 0 Å². The zero-order valence-corrected chi connectivity index (χ0v) is 15.7. The van der Waals surface area contributed by atoms with E-state index in [0.29, 0.717) is 17.2 Å². The fourth-order valence-electron chi connectivity index (χ4n) is 3.33. The summed E-state index contributed by atoms with van der Waals surface area (Å²) in [6.45, 7) is 0. The zero-order valence-electron chi connectivity index (χ0n) is 14.9. The van der Waals surface area contributed by atoms with Gasteiger partial charge in [0.2, 0.25) is 0 Å². The number of nitrogens with zero attached hydrogens (tertiary/aromatic N) is 6. The Bertz CT molecular complexity index is 1450. The predicted octanol–water partition coefficient (Wildman–Crippen LogP) is 4.08. The highest BCUT2D eigenvalue weighted by Gasteiger charge is 2.17. The molecule has 0 aromatic carbocycles. The SMILES string of the molecule is c1csc(-c2ccnc3[nH]c(-c4n[nH]c5ncc(-c6cnccn6)cc45)nc23)c1. The highest BCUT2D eigenvalue weighted by Crippen LogP contribution is 2.33. The summed E-state index contributed by atoms with van der Waals surface area (Å²) in [5, 5.41) is 10.3. The van der Waals surface area contributed by atoms with Crippen LogP contribution in [0.1, 0.15) is 0 Å². The molecule has 6 heterocycles. The molecule has 0 saturated heterocycles. The van der Waals surface area contributed by atoms with Crippen LogP contribution in [0.4, 0.5) is 0 Å². The molecular weight excluding hydrogens is 384 g/mol. The number of H-pyrrole nitrogens is 2. The largest absolute Gasteiger partial charge is 0.321 e. The summed E-state index contributed by atoms with van der Waals surface area (Å²) in [4.78, 5) is 26.7. The maximum Gasteiger partial charge on any atom is 0.161 e. The Labute approximate surface area is 167 Å². The third-order valence-electron chi connectivity index (χ3n) is 4.67. The summed E-state index contributed by atoms with van der Waals surface area (Å²) in [6, 6.07) is 8.08. The molecule has 6 aromatic heterocycles. The van der Waals surface area contributed by atoms with Crippen LogP contribution >= 0.6 is 11.3 Å². The third kappa shape index (κ3) is 2.59. The second-order valence-corrected chi connectivity index (χ2v) is 7.35. The summed E-state index contributed by atoms with van der Waals surface area (Å²) >= 11 is 1.67. The van der Waals surface area contributed by atoms with Crippen molar-refractivity contribution in [1.29, 1.82) is 0 Å². The summed E-state index contributed by atoms with van der Waals surface area (Å²) in [7, 11) is 0. The Morgan fingerprint density at radius 1 is 0.931 bits per heavy atom. The van der Waals surface area contributed by atoms with Crippen LogP contribution in [0.25, 0.3) is 55.4 Å². The van der Waals surface area contributed by atoms with Crippen molar-refractivity contribution in [3.63, 3.8) is 0 Å². The minimum Gasteiger partial charge on any atom is -0.321 e. The summed E-state index contributed by atoms with van der Waals surface area (Å²) in [5.41, 5.74) is 5.57. The first-order chi connectivity index (χ1) is 14.4. The maximum absolute atomic E-state index is 4.81. The van der Waals surface area contributed by atoms with E-state index in [1.54, 1.807) is 42.3 Å². The van der Waals surface area contributed by atoms with Crippen LogP contribution in [0.2, 0.25) is 0 Å². The molecule has 0 aliphatic carbocycles. The summed E-state index contributed by atoms with van der Waals surface area (Å²) in [5.74, 6) is 0.640. The average Bonchev–Trinajstić information content (AvgIpc) is 3.52. The Hall–Kier alpha value is -3.98. The average molecular weight is 396 g/mol. The maximum atomic E-state index is 4.81. The molecule has 2 N–H and O–H groups in total. The Balaban J connectivity index is 1.53. The number of hydrogen-bond donors (Lipinski definition) is 2. The molecule has 0 bridgehead atoms. The molecule has 0 saturated carbocycles. The van der Waals surface area contributed by atoms with E-state index in [-0.39, 0.29) is 0 Å². The summed E-state index contributed by atoms with van der Waals surface area (Å²) in [6.07, 6.45) is 8.55. The molecule has 138 valence electrons. The fraction of sp³-hybridized carbons (Fsp3) is 0. The number of pyridine rings is 2. The lowest BCUT2D eigenvalue weighted by atomic mass is 10.1. The first kappa shape index (κ1) is 16.0. The molecule has 0 amide bonds. The standard InChI is InChI=1S/C20H12N8S/c1-2-15(29-7-1)12-3-4-23-19-16(12)25-20(26-19)17-13-8-11(9-24-18(13)28-27-17)14-10-21-5-6-22-14/h1-10H,(H,23,25,26)(H,24,27,28). The lowest BCUT2D eigenvalue weighted by Crippen LogP contribution is -1.87. The van der Waals surface area contributed by atoms with E-state index in [4.69, 9.17) is 4.98 Å². The van der Waals surface area contributed by atoms with Gasteiger partial charge in [-0.25, -0.2) is 15.0 Å². The predicted molar refractivity (Wildman–Crippen MR) is 111 cm³/mol.